The van der Waals surface area contributed by atoms with Crippen LogP contribution in [-0.2, 0) is 11.4 Å². The summed E-state index contributed by atoms with van der Waals surface area (Å²) >= 11 is 2.08. The number of halogens is 1. The molecule has 0 heterocycles. The van der Waals surface area contributed by atoms with Gasteiger partial charge in [0.1, 0.15) is 5.75 Å². The van der Waals surface area contributed by atoms with Gasteiger partial charge in [-0.2, -0.15) is 0 Å². The van der Waals surface area contributed by atoms with E-state index in [2.05, 4.69) is 28.1 Å². The average Bonchev–Trinajstić information content (AvgIpc) is 2.29. The number of hydroxylamine groups is 1. The third-order valence-corrected chi connectivity index (χ3v) is 3.00. The maximum atomic E-state index is 9.75. The summed E-state index contributed by atoms with van der Waals surface area (Å²) in [6.07, 6.45) is 1.90. The summed E-state index contributed by atoms with van der Waals surface area (Å²) < 4.78 is 0.771. The lowest BCUT2D eigenvalue weighted by molar-refractivity contribution is 0.136. The van der Waals surface area contributed by atoms with Crippen LogP contribution in [-0.4, -0.2) is 12.2 Å². The lowest BCUT2D eigenvalue weighted by atomic mass is 10.1. The zero-order chi connectivity index (χ0) is 12.1. The zero-order valence-corrected chi connectivity index (χ0v) is 11.4. The average molecular weight is 334 g/mol. The second-order valence-electron chi connectivity index (χ2n) is 3.18. The van der Waals surface area contributed by atoms with Crippen molar-refractivity contribution in [3.05, 3.63) is 32.9 Å². The molecule has 88 valence electrons. The lowest BCUT2D eigenvalue weighted by Crippen LogP contribution is -2.10. The number of aromatic hydroxyl groups is 1. The molecule has 0 saturated heterocycles. The monoisotopic (exact) mass is 334 g/mol. The Bertz CT molecular complexity index is 405. The maximum absolute atomic E-state index is 9.75. The number of nitrogens with one attached hydrogen (secondary N) is 1. The van der Waals surface area contributed by atoms with E-state index in [1.54, 1.807) is 7.11 Å². The third-order valence-electron chi connectivity index (χ3n) is 2.17. The van der Waals surface area contributed by atoms with E-state index >= 15 is 0 Å². The van der Waals surface area contributed by atoms with E-state index in [0.29, 0.717) is 6.54 Å². The molecule has 0 aliphatic rings. The number of benzene rings is 1. The number of allylic oxidation sites excluding steroid dienone is 1. The lowest BCUT2D eigenvalue weighted by Gasteiger charge is -2.12. The molecule has 1 rings (SSSR count). The molecule has 0 radical (unpaired) electrons. The van der Waals surface area contributed by atoms with Crippen molar-refractivity contribution in [2.75, 3.05) is 7.11 Å². The largest absolute Gasteiger partial charge is 0.507 e. The molecule has 16 heavy (non-hydrogen) atoms. The second kappa shape index (κ2) is 6.07. The molecule has 0 saturated carbocycles. The Morgan fingerprint density at radius 1 is 1.62 bits per heavy atom. The molecule has 0 unspecified atom stereocenters. The highest BCUT2D eigenvalue weighted by atomic mass is 127. The van der Waals surface area contributed by atoms with E-state index in [4.69, 9.17) is 10.6 Å². The third kappa shape index (κ3) is 2.87. The molecule has 0 amide bonds. The number of hydrogen-bond acceptors (Lipinski definition) is 4. The zero-order valence-electron chi connectivity index (χ0n) is 9.25. The summed E-state index contributed by atoms with van der Waals surface area (Å²) in [7, 11) is 1.55. The van der Waals surface area contributed by atoms with Crippen LogP contribution in [0.1, 0.15) is 18.1 Å². The van der Waals surface area contributed by atoms with Gasteiger partial charge in [-0.25, -0.2) is 0 Å². The van der Waals surface area contributed by atoms with Crippen LogP contribution < -0.4 is 11.2 Å². The molecule has 4 nitrogen and oxygen atoms in total. The van der Waals surface area contributed by atoms with Gasteiger partial charge in [0.05, 0.1) is 16.4 Å². The van der Waals surface area contributed by atoms with E-state index in [1.807, 2.05) is 25.1 Å². The minimum Gasteiger partial charge on any atom is -0.507 e. The van der Waals surface area contributed by atoms with E-state index in [0.717, 1.165) is 20.4 Å². The molecule has 5 heteroatoms. The molecule has 0 atom stereocenters. The van der Waals surface area contributed by atoms with Gasteiger partial charge in [-0.05, 0) is 41.6 Å². The van der Waals surface area contributed by atoms with Gasteiger partial charge >= 0.3 is 0 Å². The Hall–Kier alpha value is -0.790. The summed E-state index contributed by atoms with van der Waals surface area (Å²) in [5.74, 6) is 0.250. The van der Waals surface area contributed by atoms with Gasteiger partial charge < -0.3 is 10.8 Å². The first-order valence-electron chi connectivity index (χ1n) is 4.81. The van der Waals surface area contributed by atoms with E-state index in [1.165, 1.54) is 0 Å². The fourth-order valence-corrected chi connectivity index (χ4v) is 2.04. The van der Waals surface area contributed by atoms with Crippen LogP contribution in [0.3, 0.4) is 0 Å². The van der Waals surface area contributed by atoms with Crippen LogP contribution in [0.2, 0.25) is 0 Å². The molecular formula is C11H15IN2O2. The number of nitrogens with two attached hydrogens (primary N) is 1. The summed E-state index contributed by atoms with van der Waals surface area (Å²) in [5.41, 5.74) is 10.9. The molecule has 0 bridgehead atoms. The van der Waals surface area contributed by atoms with Gasteiger partial charge in [0, 0.05) is 17.7 Å². The standard InChI is InChI=1S/C11H15IN2O2/c1-3-10(14-16-2)7-4-8(6-13)11(15)9(12)5-7/h3-5,14-15H,6,13H2,1-2H3. The first-order chi connectivity index (χ1) is 7.63. The highest BCUT2D eigenvalue weighted by Crippen LogP contribution is 2.28. The SMILES string of the molecule is CC=C(NOC)c1cc(I)c(O)c(CN)c1. The van der Waals surface area contributed by atoms with E-state index in [9.17, 15) is 5.11 Å². The van der Waals surface area contributed by atoms with Crippen LogP contribution in [0.5, 0.6) is 5.75 Å². The molecule has 0 spiro atoms. The maximum Gasteiger partial charge on any atom is 0.133 e. The quantitative estimate of drug-likeness (QED) is 0.582. The summed E-state index contributed by atoms with van der Waals surface area (Å²) in [6, 6.07) is 3.72. The topological polar surface area (TPSA) is 67.5 Å². The Kier molecular flexibility index (Phi) is 5.04. The predicted octanol–water partition coefficient (Wildman–Crippen LogP) is 1.97. The Balaban J connectivity index is 3.19. The van der Waals surface area contributed by atoms with Gasteiger partial charge in [-0.1, -0.05) is 6.08 Å². The van der Waals surface area contributed by atoms with Crippen LogP contribution in [0.25, 0.3) is 5.70 Å². The molecule has 0 aliphatic heterocycles. The molecule has 0 fully saturated rings. The molecule has 4 N–H and O–H groups in total. The summed E-state index contributed by atoms with van der Waals surface area (Å²) in [5, 5.41) is 9.75. The molecule has 0 aliphatic carbocycles. The Morgan fingerprint density at radius 3 is 2.81 bits per heavy atom. The van der Waals surface area contributed by atoms with Crippen molar-refractivity contribution in [3.8, 4) is 5.75 Å². The van der Waals surface area contributed by atoms with Gasteiger partial charge in [0.2, 0.25) is 0 Å². The Morgan fingerprint density at radius 2 is 2.31 bits per heavy atom. The minimum absolute atomic E-state index is 0.250. The summed E-state index contributed by atoms with van der Waals surface area (Å²) in [4.78, 5) is 4.88. The van der Waals surface area contributed by atoms with Crippen LogP contribution in [0, 0.1) is 3.57 Å². The van der Waals surface area contributed by atoms with Crippen LogP contribution in [0.4, 0.5) is 0 Å². The minimum atomic E-state index is 0.250. The van der Waals surface area contributed by atoms with E-state index in [-0.39, 0.29) is 5.75 Å². The van der Waals surface area contributed by atoms with Gasteiger partial charge in [0.25, 0.3) is 0 Å². The summed E-state index contributed by atoms with van der Waals surface area (Å²) in [6.45, 7) is 2.21. The first-order valence-corrected chi connectivity index (χ1v) is 5.89. The van der Waals surface area contributed by atoms with Gasteiger partial charge in [-0.15, -0.1) is 0 Å². The normalized spacial score (nSPS) is 11.6. The number of hydrogen-bond donors (Lipinski definition) is 3. The van der Waals surface area contributed by atoms with Crippen LogP contribution >= 0.6 is 22.6 Å². The molecule has 0 aromatic heterocycles. The number of rotatable bonds is 4. The molecule has 1 aromatic rings. The Labute approximate surface area is 109 Å². The van der Waals surface area contributed by atoms with E-state index < -0.39 is 0 Å². The smallest absolute Gasteiger partial charge is 0.133 e. The van der Waals surface area contributed by atoms with Crippen molar-refractivity contribution in [2.45, 2.75) is 13.5 Å². The van der Waals surface area contributed by atoms with Gasteiger partial charge in [0.15, 0.2) is 0 Å². The van der Waals surface area contributed by atoms with Crippen molar-refractivity contribution >= 4 is 28.3 Å². The van der Waals surface area contributed by atoms with Crippen molar-refractivity contribution in [1.29, 1.82) is 0 Å². The second-order valence-corrected chi connectivity index (χ2v) is 4.34. The van der Waals surface area contributed by atoms with Crippen molar-refractivity contribution in [3.63, 3.8) is 0 Å². The van der Waals surface area contributed by atoms with Crippen molar-refractivity contribution in [2.24, 2.45) is 5.73 Å². The predicted molar refractivity (Wildman–Crippen MR) is 72.5 cm³/mol. The molecular weight excluding hydrogens is 319 g/mol. The first kappa shape index (κ1) is 13.3. The van der Waals surface area contributed by atoms with Crippen LogP contribution in [0.15, 0.2) is 18.2 Å². The fourth-order valence-electron chi connectivity index (χ4n) is 1.36. The number of phenols is 1. The van der Waals surface area contributed by atoms with Crippen molar-refractivity contribution < 1.29 is 9.94 Å². The highest BCUT2D eigenvalue weighted by molar-refractivity contribution is 14.1. The molecule has 1 aromatic carbocycles. The highest BCUT2D eigenvalue weighted by Gasteiger charge is 2.09. The van der Waals surface area contributed by atoms with Crippen molar-refractivity contribution in [1.82, 2.24) is 5.48 Å². The van der Waals surface area contributed by atoms with Gasteiger partial charge in [-0.3, -0.25) is 10.3 Å². The fraction of sp³-hybridized carbons (Fsp3) is 0.273. The number of phenolic OH excluding ortho intramolecular Hbond substituents is 1.